The Kier molecular flexibility index (Phi) is 10.7. The van der Waals surface area contributed by atoms with Crippen LogP contribution in [0.3, 0.4) is 0 Å². The van der Waals surface area contributed by atoms with Crippen LogP contribution in [-0.4, -0.2) is 50.0 Å². The number of carbonyl (C=O) groups is 2. The number of amides is 2. The highest BCUT2D eigenvalue weighted by Crippen LogP contribution is 2.24. The number of nitrogens with one attached hydrogen (secondary N) is 1. The fourth-order valence-corrected chi connectivity index (χ4v) is 6.28. The van der Waals surface area contributed by atoms with Crippen molar-refractivity contribution in [3.63, 3.8) is 0 Å². The van der Waals surface area contributed by atoms with Gasteiger partial charge < -0.3 is 10.2 Å². The second kappa shape index (κ2) is 14.2. The number of sulfonamides is 1. The summed E-state index contributed by atoms with van der Waals surface area (Å²) in [6.07, 6.45) is 6.34. The highest BCUT2D eigenvalue weighted by atomic mass is 35.5. The molecular weight excluding hydrogens is 581 g/mol. The van der Waals surface area contributed by atoms with E-state index < -0.39 is 28.5 Å². The van der Waals surface area contributed by atoms with Crippen LogP contribution in [0.25, 0.3) is 0 Å². The highest BCUT2D eigenvalue weighted by Gasteiger charge is 2.34. The van der Waals surface area contributed by atoms with Crippen molar-refractivity contribution in [2.24, 2.45) is 0 Å². The molecule has 0 saturated heterocycles. The first-order chi connectivity index (χ1) is 19.6. The number of carbonyl (C=O) groups excluding carboxylic acids is 2. The molecule has 2 amide bonds. The first-order valence-corrected chi connectivity index (χ1v) is 16.3. The van der Waals surface area contributed by atoms with E-state index in [2.05, 4.69) is 5.32 Å². The Morgan fingerprint density at radius 1 is 0.878 bits per heavy atom. The van der Waals surface area contributed by atoms with Crippen molar-refractivity contribution in [2.45, 2.75) is 57.2 Å². The minimum atomic E-state index is -3.86. The molecule has 0 bridgehead atoms. The van der Waals surface area contributed by atoms with E-state index in [1.54, 1.807) is 42.5 Å². The second-order valence-corrected chi connectivity index (χ2v) is 13.2. The van der Waals surface area contributed by atoms with Crippen LogP contribution in [0.5, 0.6) is 0 Å². The van der Waals surface area contributed by atoms with E-state index in [9.17, 15) is 18.0 Å². The number of anilines is 1. The zero-order chi connectivity index (χ0) is 29.4. The van der Waals surface area contributed by atoms with E-state index in [-0.39, 0.29) is 30.6 Å². The average molecular weight is 617 g/mol. The van der Waals surface area contributed by atoms with Crippen molar-refractivity contribution in [2.75, 3.05) is 17.1 Å². The third kappa shape index (κ3) is 8.96. The summed E-state index contributed by atoms with van der Waals surface area (Å²) in [5.74, 6) is -0.762. The smallest absolute Gasteiger partial charge is 0.244 e. The maximum atomic E-state index is 14.1. The van der Waals surface area contributed by atoms with Gasteiger partial charge in [0.1, 0.15) is 12.6 Å². The Bertz CT molecular complexity index is 1430. The molecule has 1 aliphatic carbocycles. The Morgan fingerprint density at radius 3 is 2.20 bits per heavy atom. The van der Waals surface area contributed by atoms with Crippen LogP contribution in [0.4, 0.5) is 5.69 Å². The largest absolute Gasteiger partial charge is 0.352 e. The van der Waals surface area contributed by atoms with Crippen LogP contribution in [0, 0.1) is 0 Å². The maximum Gasteiger partial charge on any atom is 0.244 e. The molecule has 1 fully saturated rings. The van der Waals surface area contributed by atoms with Crippen LogP contribution in [0.1, 0.15) is 43.2 Å². The van der Waals surface area contributed by atoms with E-state index in [0.29, 0.717) is 10.0 Å². The molecule has 1 atom stereocenters. The highest BCUT2D eigenvalue weighted by molar-refractivity contribution is 7.92. The van der Waals surface area contributed by atoms with Crippen LogP contribution in [-0.2, 0) is 32.6 Å². The first-order valence-electron chi connectivity index (χ1n) is 13.7. The molecule has 3 aromatic carbocycles. The minimum Gasteiger partial charge on any atom is -0.352 e. The van der Waals surface area contributed by atoms with Gasteiger partial charge in [-0.1, -0.05) is 91.0 Å². The Morgan fingerprint density at radius 2 is 1.56 bits per heavy atom. The van der Waals surface area contributed by atoms with Crippen molar-refractivity contribution in [3.05, 3.63) is 100 Å². The Labute approximate surface area is 252 Å². The molecule has 1 aliphatic rings. The molecule has 4 rings (SSSR count). The predicted octanol–water partition coefficient (Wildman–Crippen LogP) is 5.85. The van der Waals surface area contributed by atoms with E-state index in [1.807, 2.05) is 30.3 Å². The molecule has 3 aromatic rings. The SMILES string of the molecule is CS(=O)(=O)N(CC(=O)N(Cc1ccc(Cl)cc1)C(Cc1ccccc1)C(=O)NC1CCCCC1)c1cccc(Cl)c1. The second-order valence-electron chi connectivity index (χ2n) is 10.4. The number of hydrogen-bond acceptors (Lipinski definition) is 4. The van der Waals surface area contributed by atoms with Crippen molar-refractivity contribution in [3.8, 4) is 0 Å². The van der Waals surface area contributed by atoms with Gasteiger partial charge in [-0.25, -0.2) is 8.42 Å². The van der Waals surface area contributed by atoms with Gasteiger partial charge in [-0.05, 0) is 54.3 Å². The van der Waals surface area contributed by atoms with Crippen molar-refractivity contribution in [1.82, 2.24) is 10.2 Å². The lowest BCUT2D eigenvalue weighted by molar-refractivity contribution is -0.140. The third-order valence-corrected chi connectivity index (χ3v) is 8.89. The molecule has 1 unspecified atom stereocenters. The van der Waals surface area contributed by atoms with Gasteiger partial charge in [0.05, 0.1) is 11.9 Å². The molecule has 0 radical (unpaired) electrons. The normalized spacial score (nSPS) is 14.7. The van der Waals surface area contributed by atoms with Crippen LogP contribution in [0.2, 0.25) is 10.0 Å². The molecule has 218 valence electrons. The molecular formula is C31H35Cl2N3O4S. The summed E-state index contributed by atoms with van der Waals surface area (Å²) in [6.45, 7) is -0.395. The molecule has 10 heteroatoms. The summed E-state index contributed by atoms with van der Waals surface area (Å²) >= 11 is 12.3. The lowest BCUT2D eigenvalue weighted by Gasteiger charge is -2.35. The van der Waals surface area contributed by atoms with Gasteiger partial charge in [0.25, 0.3) is 0 Å². The maximum absolute atomic E-state index is 14.1. The summed E-state index contributed by atoms with van der Waals surface area (Å²) in [4.78, 5) is 29.6. The van der Waals surface area contributed by atoms with Gasteiger partial charge in [0.15, 0.2) is 0 Å². The number of halogens is 2. The molecule has 1 N–H and O–H groups in total. The van der Waals surface area contributed by atoms with Gasteiger partial charge in [-0.15, -0.1) is 0 Å². The minimum absolute atomic E-state index is 0.0426. The summed E-state index contributed by atoms with van der Waals surface area (Å²) in [7, 11) is -3.86. The zero-order valence-electron chi connectivity index (χ0n) is 23.0. The standard InChI is InChI=1S/C31H35Cl2N3O4S/c1-41(39,40)36(28-14-8-11-26(33)20-28)22-30(37)35(21-24-15-17-25(32)18-16-24)29(19-23-9-4-2-5-10-23)31(38)34-27-12-6-3-7-13-27/h2,4-5,8-11,14-18,20,27,29H,3,6-7,12-13,19,21-22H2,1H3,(H,34,38). The number of rotatable bonds is 11. The lowest BCUT2D eigenvalue weighted by atomic mass is 9.94. The monoisotopic (exact) mass is 615 g/mol. The summed E-state index contributed by atoms with van der Waals surface area (Å²) in [5.41, 5.74) is 1.92. The van der Waals surface area contributed by atoms with E-state index in [1.165, 1.54) is 11.0 Å². The Balaban J connectivity index is 1.71. The van der Waals surface area contributed by atoms with Crippen LogP contribution < -0.4 is 9.62 Å². The molecule has 0 spiro atoms. The molecule has 1 saturated carbocycles. The molecule has 41 heavy (non-hydrogen) atoms. The first kappa shape index (κ1) is 30.9. The van der Waals surface area contributed by atoms with Gasteiger partial charge >= 0.3 is 0 Å². The van der Waals surface area contributed by atoms with Gasteiger partial charge in [0, 0.05) is 29.1 Å². The van der Waals surface area contributed by atoms with E-state index in [0.717, 1.165) is 53.8 Å². The van der Waals surface area contributed by atoms with Gasteiger partial charge in [-0.2, -0.15) is 0 Å². The number of benzene rings is 3. The summed E-state index contributed by atoms with van der Waals surface area (Å²) in [5, 5.41) is 4.08. The molecule has 0 heterocycles. The number of nitrogens with zero attached hydrogens (tertiary/aromatic N) is 2. The number of hydrogen-bond donors (Lipinski definition) is 1. The van der Waals surface area contributed by atoms with E-state index >= 15 is 0 Å². The van der Waals surface area contributed by atoms with Crippen LogP contribution >= 0.6 is 23.2 Å². The quantitative estimate of drug-likeness (QED) is 0.293. The summed E-state index contributed by atoms with van der Waals surface area (Å²) in [6, 6.07) is 22.1. The lowest BCUT2D eigenvalue weighted by Crippen LogP contribution is -2.55. The van der Waals surface area contributed by atoms with Gasteiger partial charge in [-0.3, -0.25) is 13.9 Å². The fraction of sp³-hybridized carbons (Fsp3) is 0.355. The summed E-state index contributed by atoms with van der Waals surface area (Å²) < 4.78 is 26.8. The van der Waals surface area contributed by atoms with Crippen molar-refractivity contribution in [1.29, 1.82) is 0 Å². The molecule has 0 aromatic heterocycles. The Hall–Kier alpha value is -3.07. The van der Waals surface area contributed by atoms with Gasteiger partial charge in [0.2, 0.25) is 21.8 Å². The zero-order valence-corrected chi connectivity index (χ0v) is 25.3. The topological polar surface area (TPSA) is 86.8 Å². The fourth-order valence-electron chi connectivity index (χ4n) is 5.13. The van der Waals surface area contributed by atoms with E-state index in [4.69, 9.17) is 23.2 Å². The van der Waals surface area contributed by atoms with Crippen molar-refractivity contribution < 1.29 is 18.0 Å². The third-order valence-electron chi connectivity index (χ3n) is 7.26. The average Bonchev–Trinajstić information content (AvgIpc) is 2.95. The predicted molar refractivity (Wildman–Crippen MR) is 165 cm³/mol. The van der Waals surface area contributed by atoms with Crippen molar-refractivity contribution >= 4 is 50.7 Å². The van der Waals surface area contributed by atoms with Crippen LogP contribution in [0.15, 0.2) is 78.9 Å². The molecule has 0 aliphatic heterocycles. The molecule has 7 nitrogen and oxygen atoms in total.